The Morgan fingerprint density at radius 2 is 1.49 bits per heavy atom. The maximum Gasteiger partial charge on any atom is 0.317 e. The number of hydrogen-bond acceptors (Lipinski definition) is 4. The molecule has 3 aromatic rings. The molecule has 1 saturated heterocycles. The highest BCUT2D eigenvalue weighted by atomic mass is 19.1. The first-order valence-corrected chi connectivity index (χ1v) is 15.1. The molecule has 9 heteroatoms. The van der Waals surface area contributed by atoms with Crippen molar-refractivity contribution in [2.24, 2.45) is 0 Å². The quantitative estimate of drug-likeness (QED) is 0.362. The van der Waals surface area contributed by atoms with Gasteiger partial charge in [0.1, 0.15) is 12.4 Å². The summed E-state index contributed by atoms with van der Waals surface area (Å²) in [7, 11) is 0. The minimum absolute atomic E-state index is 0.0407. The molecule has 1 saturated carbocycles. The Bertz CT molecular complexity index is 1380. The zero-order chi connectivity index (χ0) is 30.2. The molecule has 43 heavy (non-hydrogen) atoms. The van der Waals surface area contributed by atoms with E-state index >= 15 is 0 Å². The van der Waals surface area contributed by atoms with Crippen LogP contribution in [-0.4, -0.2) is 66.4 Å². The van der Waals surface area contributed by atoms with Gasteiger partial charge in [0.05, 0.1) is 0 Å². The number of rotatable bonds is 8. The Labute approximate surface area is 252 Å². The van der Waals surface area contributed by atoms with Crippen LogP contribution in [0.25, 0.3) is 0 Å². The summed E-state index contributed by atoms with van der Waals surface area (Å²) in [5, 5.41) is 6.11. The molecule has 2 fully saturated rings. The van der Waals surface area contributed by atoms with Crippen molar-refractivity contribution in [1.29, 1.82) is 0 Å². The molecule has 0 radical (unpaired) electrons. The van der Waals surface area contributed by atoms with E-state index in [2.05, 4.69) is 15.5 Å². The van der Waals surface area contributed by atoms with Crippen LogP contribution in [-0.2, 0) is 11.3 Å². The van der Waals surface area contributed by atoms with Gasteiger partial charge in [0.25, 0.3) is 5.91 Å². The Morgan fingerprint density at radius 3 is 2.14 bits per heavy atom. The smallest absolute Gasteiger partial charge is 0.317 e. The lowest BCUT2D eigenvalue weighted by Crippen LogP contribution is -2.53. The zero-order valence-corrected chi connectivity index (χ0v) is 24.7. The van der Waals surface area contributed by atoms with Gasteiger partial charge in [-0.2, -0.15) is 0 Å². The maximum absolute atomic E-state index is 13.4. The van der Waals surface area contributed by atoms with Crippen LogP contribution in [0.2, 0.25) is 0 Å². The van der Waals surface area contributed by atoms with Gasteiger partial charge in [-0.15, -0.1) is 0 Å². The standard InChI is InChI=1S/C34H40FN5O3/c1-25-7-11-27(12-8-25)33(42)40(23-26-9-13-28(35)14-10-26)24-32(41)36-30-15-17-31(18-16-30)38-19-21-39(22-20-38)34(43)37-29-5-3-2-4-6-29/h7-18,29H,2-6,19-24H2,1H3,(H,36,41)(H,37,43). The van der Waals surface area contributed by atoms with Crippen molar-refractivity contribution < 1.29 is 18.8 Å². The van der Waals surface area contributed by atoms with Crippen molar-refractivity contribution >= 4 is 29.2 Å². The molecule has 2 N–H and O–H groups in total. The van der Waals surface area contributed by atoms with Crippen LogP contribution in [0.3, 0.4) is 0 Å². The number of benzene rings is 3. The summed E-state index contributed by atoms with van der Waals surface area (Å²) >= 11 is 0. The number of halogens is 1. The molecule has 5 rings (SSSR count). The topological polar surface area (TPSA) is 85.0 Å². The number of aryl methyl sites for hydroxylation is 1. The van der Waals surface area contributed by atoms with E-state index in [-0.39, 0.29) is 36.8 Å². The Kier molecular flexibility index (Phi) is 9.92. The summed E-state index contributed by atoms with van der Waals surface area (Å²) in [5.74, 6) is -0.960. The van der Waals surface area contributed by atoms with Crippen LogP contribution in [0.1, 0.15) is 53.6 Å². The molecule has 0 bridgehead atoms. The van der Waals surface area contributed by atoms with Crippen LogP contribution >= 0.6 is 0 Å². The molecular weight excluding hydrogens is 545 g/mol. The highest BCUT2D eigenvalue weighted by Gasteiger charge is 2.24. The summed E-state index contributed by atoms with van der Waals surface area (Å²) in [6.07, 6.45) is 5.79. The van der Waals surface area contributed by atoms with Gasteiger partial charge in [-0.3, -0.25) is 9.59 Å². The molecule has 0 atom stereocenters. The van der Waals surface area contributed by atoms with Crippen molar-refractivity contribution in [3.63, 3.8) is 0 Å². The van der Waals surface area contributed by atoms with Crippen molar-refractivity contribution in [1.82, 2.24) is 15.1 Å². The van der Waals surface area contributed by atoms with Gasteiger partial charge in [0.15, 0.2) is 0 Å². The second kappa shape index (κ2) is 14.2. The Balaban J connectivity index is 1.15. The van der Waals surface area contributed by atoms with E-state index in [1.54, 1.807) is 24.3 Å². The van der Waals surface area contributed by atoms with Gasteiger partial charge >= 0.3 is 6.03 Å². The maximum atomic E-state index is 13.4. The number of carbonyl (C=O) groups excluding carboxylic acids is 3. The summed E-state index contributed by atoms with van der Waals surface area (Å²) < 4.78 is 13.4. The summed E-state index contributed by atoms with van der Waals surface area (Å²) in [4.78, 5) is 44.7. The Morgan fingerprint density at radius 1 is 0.837 bits per heavy atom. The van der Waals surface area contributed by atoms with Gasteiger partial charge in [-0.25, -0.2) is 9.18 Å². The van der Waals surface area contributed by atoms with E-state index in [0.29, 0.717) is 30.4 Å². The second-order valence-corrected chi connectivity index (χ2v) is 11.5. The summed E-state index contributed by atoms with van der Waals surface area (Å²) in [6.45, 7) is 4.76. The predicted molar refractivity (Wildman–Crippen MR) is 167 cm³/mol. The molecule has 0 unspecified atom stereocenters. The third kappa shape index (κ3) is 8.34. The number of nitrogens with one attached hydrogen (secondary N) is 2. The molecule has 8 nitrogen and oxygen atoms in total. The zero-order valence-electron chi connectivity index (χ0n) is 24.7. The van der Waals surface area contributed by atoms with Gasteiger partial charge in [-0.1, -0.05) is 49.1 Å². The van der Waals surface area contributed by atoms with Crippen molar-refractivity contribution in [2.75, 3.05) is 42.9 Å². The molecule has 0 aromatic heterocycles. The van der Waals surface area contributed by atoms with Crippen LogP contribution < -0.4 is 15.5 Å². The lowest BCUT2D eigenvalue weighted by Gasteiger charge is -2.37. The second-order valence-electron chi connectivity index (χ2n) is 11.5. The number of piperazine rings is 1. The van der Waals surface area contributed by atoms with Gasteiger partial charge in [0, 0.05) is 55.7 Å². The number of urea groups is 1. The first-order chi connectivity index (χ1) is 20.8. The fraction of sp³-hybridized carbons (Fsp3) is 0.382. The van der Waals surface area contributed by atoms with E-state index in [1.165, 1.54) is 36.3 Å². The number of hydrogen-bond donors (Lipinski definition) is 2. The van der Waals surface area contributed by atoms with E-state index in [1.807, 2.05) is 48.2 Å². The first kappa shape index (κ1) is 30.1. The molecule has 4 amide bonds. The highest BCUT2D eigenvalue weighted by Crippen LogP contribution is 2.21. The largest absolute Gasteiger partial charge is 0.368 e. The third-order valence-electron chi connectivity index (χ3n) is 8.22. The normalized spacial score (nSPS) is 15.6. The lowest BCUT2D eigenvalue weighted by atomic mass is 9.96. The molecule has 0 spiro atoms. The average molecular weight is 586 g/mol. The van der Waals surface area contributed by atoms with Gasteiger partial charge in [0.2, 0.25) is 5.91 Å². The molecule has 2 aliphatic rings. The van der Waals surface area contributed by atoms with E-state index in [4.69, 9.17) is 0 Å². The molecule has 1 aliphatic carbocycles. The predicted octanol–water partition coefficient (Wildman–Crippen LogP) is 5.58. The SMILES string of the molecule is Cc1ccc(C(=O)N(CC(=O)Nc2ccc(N3CCN(C(=O)NC4CCCCC4)CC3)cc2)Cc2ccc(F)cc2)cc1. The van der Waals surface area contributed by atoms with Gasteiger partial charge < -0.3 is 25.3 Å². The minimum atomic E-state index is -0.358. The fourth-order valence-corrected chi connectivity index (χ4v) is 5.70. The van der Waals surface area contributed by atoms with Crippen LogP contribution in [0.4, 0.5) is 20.6 Å². The third-order valence-corrected chi connectivity index (χ3v) is 8.22. The van der Waals surface area contributed by atoms with Crippen molar-refractivity contribution in [3.8, 4) is 0 Å². The lowest BCUT2D eigenvalue weighted by molar-refractivity contribution is -0.117. The van der Waals surface area contributed by atoms with E-state index < -0.39 is 0 Å². The number of amides is 4. The summed E-state index contributed by atoms with van der Waals surface area (Å²) in [6, 6.07) is 21.1. The number of carbonyl (C=O) groups is 3. The minimum Gasteiger partial charge on any atom is -0.368 e. The molecular formula is C34H40FN5O3. The fourth-order valence-electron chi connectivity index (χ4n) is 5.70. The highest BCUT2D eigenvalue weighted by molar-refractivity contribution is 5.99. The molecule has 1 aliphatic heterocycles. The van der Waals surface area contributed by atoms with Crippen LogP contribution in [0, 0.1) is 12.7 Å². The van der Waals surface area contributed by atoms with E-state index in [0.717, 1.165) is 42.7 Å². The molecule has 226 valence electrons. The monoisotopic (exact) mass is 585 g/mol. The molecule has 3 aromatic carbocycles. The van der Waals surface area contributed by atoms with Crippen LogP contribution in [0.15, 0.2) is 72.8 Å². The number of nitrogens with zero attached hydrogens (tertiary/aromatic N) is 3. The van der Waals surface area contributed by atoms with Gasteiger partial charge in [-0.05, 0) is 73.9 Å². The van der Waals surface area contributed by atoms with E-state index in [9.17, 15) is 18.8 Å². The Hall–Kier alpha value is -4.40. The van der Waals surface area contributed by atoms with Crippen LogP contribution in [0.5, 0.6) is 0 Å². The average Bonchev–Trinajstić information content (AvgIpc) is 3.03. The molecule has 1 heterocycles. The van der Waals surface area contributed by atoms with Crippen molar-refractivity contribution in [3.05, 3.63) is 95.3 Å². The number of anilines is 2. The summed E-state index contributed by atoms with van der Waals surface area (Å²) in [5.41, 5.74) is 3.90. The van der Waals surface area contributed by atoms with Crippen molar-refractivity contribution in [2.45, 2.75) is 51.6 Å². The first-order valence-electron chi connectivity index (χ1n) is 15.1.